The summed E-state index contributed by atoms with van der Waals surface area (Å²) >= 11 is 0. The first-order valence-corrected chi connectivity index (χ1v) is 11.1. The molecule has 0 amide bonds. The summed E-state index contributed by atoms with van der Waals surface area (Å²) in [6.45, 7) is 0. The number of methoxy groups -OCH3 is 2. The number of halogens is 1. The van der Waals surface area contributed by atoms with Crippen molar-refractivity contribution in [3.05, 3.63) is 54.0 Å². The van der Waals surface area contributed by atoms with E-state index in [9.17, 15) is 9.65 Å². The molecular weight excluding hydrogens is 437 g/mol. The minimum atomic E-state index is -0.456. The first-order valence-electron chi connectivity index (χ1n) is 11.1. The van der Waals surface area contributed by atoms with Crippen molar-refractivity contribution in [1.82, 2.24) is 14.6 Å². The van der Waals surface area contributed by atoms with Gasteiger partial charge >= 0.3 is 0 Å². The maximum atomic E-state index is 13.9. The molecule has 0 atom stereocenters. The molecule has 8 nitrogen and oxygen atoms in total. The van der Waals surface area contributed by atoms with Crippen LogP contribution in [-0.2, 0) is 0 Å². The maximum Gasteiger partial charge on any atom is 0.165 e. The van der Waals surface area contributed by atoms with Crippen LogP contribution in [0.1, 0.15) is 31.2 Å². The third kappa shape index (κ3) is 3.88. The van der Waals surface area contributed by atoms with Crippen molar-refractivity contribution in [2.45, 2.75) is 31.8 Å². The highest BCUT2D eigenvalue weighted by Crippen LogP contribution is 2.39. The Balaban J connectivity index is 1.60. The molecule has 0 unspecified atom stereocenters. The number of aromatic nitrogens is 3. The minimum Gasteiger partial charge on any atom is -0.494 e. The van der Waals surface area contributed by atoms with Crippen molar-refractivity contribution in [1.29, 1.82) is 5.26 Å². The van der Waals surface area contributed by atoms with E-state index in [1.807, 2.05) is 18.2 Å². The maximum absolute atomic E-state index is 13.9. The Labute approximate surface area is 195 Å². The lowest BCUT2D eigenvalue weighted by Crippen LogP contribution is -2.11. The van der Waals surface area contributed by atoms with E-state index in [1.54, 1.807) is 23.8 Å². The number of benzene rings is 2. The van der Waals surface area contributed by atoms with Crippen LogP contribution in [0.15, 0.2) is 42.6 Å². The zero-order valence-electron chi connectivity index (χ0n) is 18.9. The van der Waals surface area contributed by atoms with Crippen molar-refractivity contribution in [3.8, 4) is 34.6 Å². The molecule has 2 N–H and O–H groups in total. The first kappa shape index (κ1) is 21.6. The molecule has 0 spiro atoms. The van der Waals surface area contributed by atoms with Gasteiger partial charge in [0.15, 0.2) is 34.5 Å². The first-order chi connectivity index (χ1) is 16.6. The minimum absolute atomic E-state index is 0.119. The summed E-state index contributed by atoms with van der Waals surface area (Å²) in [5.41, 5.74) is 3.07. The molecule has 1 aliphatic rings. The van der Waals surface area contributed by atoms with E-state index < -0.39 is 5.82 Å². The number of ether oxygens (including phenoxy) is 3. The lowest BCUT2D eigenvalue weighted by molar-refractivity contribution is 0.201. The standard InChI is InChI=1S/C25H24FN5O3/c1-32-20-10-7-15(11-22(20)34-18-5-3-4-6-18)23-25(31-24(30-23)16(13-27)14-28-31)29-17-8-9-19(26)21(12-17)33-2/h7-12,14,18,29-30H,3-6H2,1-2H3. The van der Waals surface area contributed by atoms with Gasteiger partial charge in [-0.05, 0) is 56.0 Å². The van der Waals surface area contributed by atoms with Gasteiger partial charge < -0.3 is 24.5 Å². The zero-order valence-corrected chi connectivity index (χ0v) is 18.9. The van der Waals surface area contributed by atoms with Crippen molar-refractivity contribution in [3.63, 3.8) is 0 Å². The SMILES string of the molecule is COc1cc(Nc2c(-c3ccc(OC)c(OC4CCCC4)c3)[nH]c3c(C#N)cnn23)ccc1F. The number of hydrogen-bond donors (Lipinski definition) is 2. The monoisotopic (exact) mass is 461 g/mol. The van der Waals surface area contributed by atoms with Gasteiger partial charge in [-0.15, -0.1) is 0 Å². The number of aromatic amines is 1. The highest BCUT2D eigenvalue weighted by molar-refractivity contribution is 5.82. The Morgan fingerprint density at radius 1 is 1.09 bits per heavy atom. The van der Waals surface area contributed by atoms with Gasteiger partial charge in [0.05, 0.1) is 32.2 Å². The number of hydrogen-bond acceptors (Lipinski definition) is 6. The number of nitrogens with zero attached hydrogens (tertiary/aromatic N) is 3. The van der Waals surface area contributed by atoms with Crippen molar-refractivity contribution < 1.29 is 18.6 Å². The molecule has 0 saturated heterocycles. The zero-order chi connectivity index (χ0) is 23.7. The third-order valence-electron chi connectivity index (χ3n) is 6.04. The predicted molar refractivity (Wildman–Crippen MR) is 125 cm³/mol. The lowest BCUT2D eigenvalue weighted by atomic mass is 10.1. The van der Waals surface area contributed by atoms with Gasteiger partial charge in [0.1, 0.15) is 11.6 Å². The van der Waals surface area contributed by atoms with E-state index in [0.717, 1.165) is 31.2 Å². The Morgan fingerprint density at radius 2 is 1.88 bits per heavy atom. The Morgan fingerprint density at radius 3 is 2.62 bits per heavy atom. The second-order valence-corrected chi connectivity index (χ2v) is 8.14. The molecule has 0 bridgehead atoms. The molecule has 2 aromatic heterocycles. The molecule has 0 radical (unpaired) electrons. The van der Waals surface area contributed by atoms with Crippen molar-refractivity contribution in [2.75, 3.05) is 19.5 Å². The van der Waals surface area contributed by atoms with E-state index in [2.05, 4.69) is 21.5 Å². The van der Waals surface area contributed by atoms with Crippen LogP contribution in [0, 0.1) is 17.1 Å². The fourth-order valence-corrected chi connectivity index (χ4v) is 4.31. The highest BCUT2D eigenvalue weighted by atomic mass is 19.1. The second kappa shape index (κ2) is 8.98. The Kier molecular flexibility index (Phi) is 5.72. The molecule has 1 aliphatic carbocycles. The summed E-state index contributed by atoms with van der Waals surface area (Å²) in [4.78, 5) is 3.31. The quantitative estimate of drug-likeness (QED) is 0.381. The topological polar surface area (TPSA) is 96.6 Å². The van der Waals surface area contributed by atoms with E-state index in [0.29, 0.717) is 39.9 Å². The fraction of sp³-hybridized carbons (Fsp3) is 0.280. The van der Waals surface area contributed by atoms with E-state index in [4.69, 9.17) is 14.2 Å². The van der Waals surface area contributed by atoms with Gasteiger partial charge in [0.25, 0.3) is 0 Å². The number of fused-ring (bicyclic) bond motifs is 1. The summed E-state index contributed by atoms with van der Waals surface area (Å²) in [7, 11) is 3.03. The van der Waals surface area contributed by atoms with Crippen molar-refractivity contribution in [2.24, 2.45) is 0 Å². The molecule has 34 heavy (non-hydrogen) atoms. The number of nitrogens with one attached hydrogen (secondary N) is 2. The Hall–Kier alpha value is -4.19. The molecule has 5 rings (SSSR count). The number of nitriles is 1. The molecule has 1 fully saturated rings. The average molecular weight is 461 g/mol. The van der Waals surface area contributed by atoms with Crippen LogP contribution in [-0.4, -0.2) is 34.9 Å². The third-order valence-corrected chi connectivity index (χ3v) is 6.04. The second-order valence-electron chi connectivity index (χ2n) is 8.14. The van der Waals surface area contributed by atoms with Gasteiger partial charge in [-0.1, -0.05) is 0 Å². The Bertz CT molecular complexity index is 1380. The number of imidazole rings is 1. The van der Waals surface area contributed by atoms with Crippen molar-refractivity contribution >= 4 is 17.2 Å². The van der Waals surface area contributed by atoms with E-state index in [1.165, 1.54) is 19.4 Å². The summed E-state index contributed by atoms with van der Waals surface area (Å²) in [5, 5.41) is 17.2. The van der Waals surface area contributed by atoms with Gasteiger partial charge in [-0.3, -0.25) is 0 Å². The predicted octanol–water partition coefficient (Wildman–Crippen LogP) is 5.42. The van der Waals surface area contributed by atoms with Crippen LogP contribution >= 0.6 is 0 Å². The van der Waals surface area contributed by atoms with Crippen LogP contribution in [0.25, 0.3) is 16.9 Å². The normalized spacial score (nSPS) is 13.7. The van der Waals surface area contributed by atoms with Gasteiger partial charge in [-0.25, -0.2) is 4.39 Å². The largest absolute Gasteiger partial charge is 0.494 e. The van der Waals surface area contributed by atoms with Crippen LogP contribution < -0.4 is 19.5 Å². The van der Waals surface area contributed by atoms with E-state index >= 15 is 0 Å². The molecule has 174 valence electrons. The smallest absolute Gasteiger partial charge is 0.165 e. The molecule has 4 aromatic rings. The van der Waals surface area contributed by atoms with Gasteiger partial charge in [-0.2, -0.15) is 14.9 Å². The van der Waals surface area contributed by atoms with Gasteiger partial charge in [0.2, 0.25) is 0 Å². The van der Waals surface area contributed by atoms with Crippen LogP contribution in [0.4, 0.5) is 15.9 Å². The summed E-state index contributed by atoms with van der Waals surface area (Å²) in [6, 6.07) is 12.3. The summed E-state index contributed by atoms with van der Waals surface area (Å²) in [6.07, 6.45) is 6.02. The van der Waals surface area contributed by atoms with Crippen LogP contribution in [0.3, 0.4) is 0 Å². The summed E-state index contributed by atoms with van der Waals surface area (Å²) in [5.74, 6) is 1.56. The number of H-pyrrole nitrogens is 1. The lowest BCUT2D eigenvalue weighted by Gasteiger charge is -2.17. The highest BCUT2D eigenvalue weighted by Gasteiger charge is 2.22. The van der Waals surface area contributed by atoms with E-state index in [-0.39, 0.29) is 11.9 Å². The summed E-state index contributed by atoms with van der Waals surface area (Å²) < 4.78 is 32.5. The molecule has 2 aromatic carbocycles. The number of rotatable bonds is 7. The molecule has 2 heterocycles. The van der Waals surface area contributed by atoms with Gasteiger partial charge in [0, 0.05) is 17.3 Å². The number of anilines is 2. The molecule has 1 saturated carbocycles. The van der Waals surface area contributed by atoms with Crippen LogP contribution in [0.5, 0.6) is 17.2 Å². The molecule has 0 aliphatic heterocycles. The van der Waals surface area contributed by atoms with Crippen LogP contribution in [0.2, 0.25) is 0 Å². The average Bonchev–Trinajstić information content (AvgIpc) is 3.58. The molecular formula is C25H24FN5O3. The fourth-order valence-electron chi connectivity index (χ4n) is 4.31. The molecule has 9 heteroatoms.